The van der Waals surface area contributed by atoms with E-state index in [1.807, 2.05) is 0 Å². The molecule has 6 aromatic rings. The molecular formula is C32H31NO. The van der Waals surface area contributed by atoms with E-state index in [2.05, 4.69) is 125 Å². The highest BCUT2D eigenvalue weighted by Crippen LogP contribution is 2.41. The van der Waals surface area contributed by atoms with E-state index in [0.29, 0.717) is 0 Å². The van der Waals surface area contributed by atoms with Crippen LogP contribution in [0.5, 0.6) is 0 Å². The molecule has 2 aromatic heterocycles. The van der Waals surface area contributed by atoms with Crippen LogP contribution in [0.1, 0.15) is 52.7 Å². The molecule has 0 saturated heterocycles. The van der Waals surface area contributed by atoms with Gasteiger partial charge < -0.3 is 8.98 Å². The van der Waals surface area contributed by atoms with E-state index >= 15 is 0 Å². The fourth-order valence-electron chi connectivity index (χ4n) is 5.22. The van der Waals surface area contributed by atoms with Gasteiger partial charge in [-0.25, -0.2) is 0 Å². The molecule has 0 N–H and O–H groups in total. The van der Waals surface area contributed by atoms with Gasteiger partial charge in [0.1, 0.15) is 11.2 Å². The largest absolute Gasteiger partial charge is 0.456 e. The maximum Gasteiger partial charge on any atom is 0.139 e. The van der Waals surface area contributed by atoms with E-state index in [1.54, 1.807) is 0 Å². The quantitative estimate of drug-likeness (QED) is 0.247. The van der Waals surface area contributed by atoms with Gasteiger partial charge in [-0.1, -0.05) is 90.1 Å². The monoisotopic (exact) mass is 445 g/mol. The molecule has 34 heavy (non-hydrogen) atoms. The first-order valence-electron chi connectivity index (χ1n) is 12.1. The molecule has 0 radical (unpaired) electrons. The summed E-state index contributed by atoms with van der Waals surface area (Å²) in [4.78, 5) is 0. The number of hydrogen-bond donors (Lipinski definition) is 0. The second-order valence-electron chi connectivity index (χ2n) is 11.6. The van der Waals surface area contributed by atoms with E-state index in [4.69, 9.17) is 4.42 Å². The van der Waals surface area contributed by atoms with Gasteiger partial charge in [0.05, 0.1) is 11.0 Å². The van der Waals surface area contributed by atoms with Gasteiger partial charge in [0.25, 0.3) is 0 Å². The van der Waals surface area contributed by atoms with Gasteiger partial charge in [-0.2, -0.15) is 0 Å². The summed E-state index contributed by atoms with van der Waals surface area (Å²) in [6.07, 6.45) is 0. The number of furan rings is 1. The van der Waals surface area contributed by atoms with Crippen molar-refractivity contribution in [2.45, 2.75) is 52.4 Å². The van der Waals surface area contributed by atoms with Crippen LogP contribution in [0.3, 0.4) is 0 Å². The minimum Gasteiger partial charge on any atom is -0.456 e. The zero-order valence-corrected chi connectivity index (χ0v) is 20.9. The predicted octanol–water partition coefficient (Wildman–Crippen LogP) is 9.28. The Morgan fingerprint density at radius 3 is 1.79 bits per heavy atom. The zero-order valence-electron chi connectivity index (χ0n) is 20.9. The first-order valence-corrected chi connectivity index (χ1v) is 12.1. The van der Waals surface area contributed by atoms with Gasteiger partial charge in [-0.3, -0.25) is 0 Å². The van der Waals surface area contributed by atoms with E-state index in [1.165, 1.54) is 49.4 Å². The summed E-state index contributed by atoms with van der Waals surface area (Å²) < 4.78 is 8.99. The van der Waals surface area contributed by atoms with Crippen LogP contribution in [0.4, 0.5) is 0 Å². The van der Waals surface area contributed by atoms with Crippen molar-refractivity contribution in [3.8, 4) is 5.69 Å². The zero-order chi connectivity index (χ0) is 23.8. The van der Waals surface area contributed by atoms with Gasteiger partial charge >= 0.3 is 0 Å². The molecule has 6 rings (SSSR count). The Morgan fingerprint density at radius 2 is 1.21 bits per heavy atom. The van der Waals surface area contributed by atoms with Crippen molar-refractivity contribution in [3.05, 3.63) is 90.0 Å². The smallest absolute Gasteiger partial charge is 0.139 e. The third kappa shape index (κ3) is 3.09. The minimum absolute atomic E-state index is 0.0618. The third-order valence-electron chi connectivity index (χ3n) is 7.07. The van der Waals surface area contributed by atoms with Crippen LogP contribution in [-0.4, -0.2) is 4.57 Å². The van der Waals surface area contributed by atoms with Crippen molar-refractivity contribution in [1.29, 1.82) is 0 Å². The van der Waals surface area contributed by atoms with Crippen molar-refractivity contribution in [3.63, 3.8) is 0 Å². The predicted molar refractivity (Wildman–Crippen MR) is 145 cm³/mol. The molecule has 0 aliphatic rings. The van der Waals surface area contributed by atoms with Crippen molar-refractivity contribution in [2.24, 2.45) is 0 Å². The van der Waals surface area contributed by atoms with Crippen LogP contribution < -0.4 is 0 Å². The topological polar surface area (TPSA) is 18.1 Å². The molecular weight excluding hydrogens is 414 g/mol. The Kier molecular flexibility index (Phi) is 4.33. The lowest BCUT2D eigenvalue weighted by atomic mass is 9.85. The van der Waals surface area contributed by atoms with Gasteiger partial charge in [-0.05, 0) is 46.7 Å². The van der Waals surface area contributed by atoms with Crippen molar-refractivity contribution < 1.29 is 4.42 Å². The van der Waals surface area contributed by atoms with Crippen molar-refractivity contribution >= 4 is 43.7 Å². The average molecular weight is 446 g/mol. The van der Waals surface area contributed by atoms with Crippen molar-refractivity contribution in [2.75, 3.05) is 0 Å². The summed E-state index contributed by atoms with van der Waals surface area (Å²) in [5, 5.41) is 4.92. The summed E-state index contributed by atoms with van der Waals surface area (Å²) in [5.74, 6) is 0. The molecule has 2 nitrogen and oxygen atoms in total. The molecule has 0 atom stereocenters. The molecule has 0 amide bonds. The Labute approximate surface area is 200 Å². The van der Waals surface area contributed by atoms with Gasteiger partial charge in [-0.15, -0.1) is 0 Å². The van der Waals surface area contributed by atoms with Crippen LogP contribution in [0.15, 0.2) is 83.3 Å². The number of benzene rings is 4. The maximum atomic E-state index is 6.58. The lowest BCUT2D eigenvalue weighted by molar-refractivity contribution is 0.569. The van der Waals surface area contributed by atoms with Crippen LogP contribution >= 0.6 is 0 Å². The molecule has 0 fully saturated rings. The third-order valence-corrected chi connectivity index (χ3v) is 7.07. The molecule has 2 heteroatoms. The molecule has 0 aliphatic carbocycles. The highest BCUT2D eigenvalue weighted by molar-refractivity contribution is 6.11. The SMILES string of the molecule is CC(C)(C)c1ccc2c(c1)oc1c(C(C)(C)C)cc(-n3c4ccccc4c4ccccc43)cc12. The first-order chi connectivity index (χ1) is 16.1. The Hall–Kier alpha value is -3.52. The highest BCUT2D eigenvalue weighted by atomic mass is 16.3. The van der Waals surface area contributed by atoms with E-state index in [0.717, 1.165) is 11.2 Å². The standard InChI is InChI=1S/C32H31NO/c1-31(2,3)20-15-16-24-25-18-21(19-26(32(4,5)6)30(25)34-29(24)17-20)33-27-13-9-7-11-22(27)23-12-8-10-14-28(23)33/h7-19H,1-6H3. The lowest BCUT2D eigenvalue weighted by Crippen LogP contribution is -2.12. The second-order valence-corrected chi connectivity index (χ2v) is 11.6. The number of hydrogen-bond acceptors (Lipinski definition) is 1. The second kappa shape index (κ2) is 6.99. The molecule has 0 saturated carbocycles. The molecule has 0 unspecified atom stereocenters. The number of nitrogens with zero attached hydrogens (tertiary/aromatic N) is 1. The van der Waals surface area contributed by atoms with Crippen LogP contribution in [0, 0.1) is 0 Å². The summed E-state index contributed by atoms with van der Waals surface area (Å²) in [7, 11) is 0. The number of aromatic nitrogens is 1. The highest BCUT2D eigenvalue weighted by Gasteiger charge is 2.24. The lowest BCUT2D eigenvalue weighted by Gasteiger charge is -2.21. The van der Waals surface area contributed by atoms with E-state index in [9.17, 15) is 0 Å². The summed E-state index contributed by atoms with van der Waals surface area (Å²) >= 11 is 0. The molecule has 0 bridgehead atoms. The molecule has 0 aliphatic heterocycles. The normalized spacial score (nSPS) is 13.0. The summed E-state index contributed by atoms with van der Waals surface area (Å²) in [5.41, 5.74) is 8.13. The Morgan fingerprint density at radius 1 is 0.588 bits per heavy atom. The van der Waals surface area contributed by atoms with E-state index in [-0.39, 0.29) is 10.8 Å². The van der Waals surface area contributed by atoms with Crippen molar-refractivity contribution in [1.82, 2.24) is 4.57 Å². The molecule has 2 heterocycles. The van der Waals surface area contributed by atoms with Gasteiger partial charge in [0.15, 0.2) is 0 Å². The number of para-hydroxylation sites is 2. The van der Waals surface area contributed by atoms with E-state index < -0.39 is 0 Å². The van der Waals surface area contributed by atoms with Crippen LogP contribution in [0.25, 0.3) is 49.4 Å². The Bertz CT molecular complexity index is 1660. The van der Waals surface area contributed by atoms with Gasteiger partial charge in [0.2, 0.25) is 0 Å². The van der Waals surface area contributed by atoms with Gasteiger partial charge in [0, 0.05) is 32.8 Å². The number of rotatable bonds is 1. The minimum atomic E-state index is -0.0618. The Balaban J connectivity index is 1.74. The molecule has 4 aromatic carbocycles. The van der Waals surface area contributed by atoms with Crippen LogP contribution in [-0.2, 0) is 10.8 Å². The fraction of sp³-hybridized carbons (Fsp3) is 0.250. The summed E-state index contributed by atoms with van der Waals surface area (Å²) in [6, 6.07) is 28.7. The fourth-order valence-corrected chi connectivity index (χ4v) is 5.22. The number of fused-ring (bicyclic) bond motifs is 6. The summed E-state index contributed by atoms with van der Waals surface area (Å²) in [6.45, 7) is 13.6. The molecule has 170 valence electrons. The van der Waals surface area contributed by atoms with Crippen LogP contribution in [0.2, 0.25) is 0 Å². The first kappa shape index (κ1) is 21.0. The average Bonchev–Trinajstić information content (AvgIpc) is 3.32. The molecule has 0 spiro atoms. The maximum absolute atomic E-state index is 6.58.